The molecular weight excluding hydrogens is 288 g/mol. The Balaban J connectivity index is 1.53. The van der Waals surface area contributed by atoms with Gasteiger partial charge in [-0.15, -0.1) is 0 Å². The van der Waals surface area contributed by atoms with E-state index < -0.39 is 0 Å². The van der Waals surface area contributed by atoms with Crippen molar-refractivity contribution in [1.29, 1.82) is 0 Å². The maximum absolute atomic E-state index is 12.2. The largest absolute Gasteiger partial charge is 0.493 e. The zero-order valence-electron chi connectivity index (χ0n) is 12.9. The summed E-state index contributed by atoms with van der Waals surface area (Å²) in [5, 5.41) is 0. The van der Waals surface area contributed by atoms with E-state index in [-0.39, 0.29) is 5.97 Å². The van der Waals surface area contributed by atoms with Crippen molar-refractivity contribution in [2.24, 2.45) is 0 Å². The maximum atomic E-state index is 12.2. The molecule has 2 aromatic carbocycles. The molecule has 0 radical (unpaired) electrons. The average molecular weight is 306 g/mol. The predicted molar refractivity (Wildman–Crippen MR) is 88.2 cm³/mol. The van der Waals surface area contributed by atoms with Crippen LogP contribution >= 0.6 is 0 Å². The van der Waals surface area contributed by atoms with Crippen molar-refractivity contribution in [3.63, 3.8) is 0 Å². The Morgan fingerprint density at radius 2 is 1.96 bits per heavy atom. The third-order valence-electron chi connectivity index (χ3n) is 4.47. The SMILES string of the molecule is O=C(C=C1CCc2ccc3c(c21)CCO3)OCc1ccccc1. The maximum Gasteiger partial charge on any atom is 0.331 e. The number of fused-ring (bicyclic) bond motifs is 3. The van der Waals surface area contributed by atoms with E-state index in [1.165, 1.54) is 16.7 Å². The monoisotopic (exact) mass is 306 g/mol. The zero-order chi connectivity index (χ0) is 15.6. The van der Waals surface area contributed by atoms with Crippen molar-refractivity contribution in [1.82, 2.24) is 0 Å². The van der Waals surface area contributed by atoms with E-state index in [9.17, 15) is 4.79 Å². The summed E-state index contributed by atoms with van der Waals surface area (Å²) in [6.45, 7) is 1.05. The second kappa shape index (κ2) is 5.92. The van der Waals surface area contributed by atoms with Crippen LogP contribution in [-0.2, 0) is 29.0 Å². The van der Waals surface area contributed by atoms with Gasteiger partial charge in [0.25, 0.3) is 0 Å². The molecular formula is C20H18O3. The summed E-state index contributed by atoms with van der Waals surface area (Å²) >= 11 is 0. The quantitative estimate of drug-likeness (QED) is 0.641. The fourth-order valence-electron chi connectivity index (χ4n) is 3.38. The first-order valence-electron chi connectivity index (χ1n) is 8.00. The minimum absolute atomic E-state index is 0.270. The summed E-state index contributed by atoms with van der Waals surface area (Å²) in [5.41, 5.74) is 5.87. The van der Waals surface area contributed by atoms with Gasteiger partial charge in [0.2, 0.25) is 0 Å². The first-order valence-corrected chi connectivity index (χ1v) is 8.00. The lowest BCUT2D eigenvalue weighted by molar-refractivity contribution is -0.138. The highest BCUT2D eigenvalue weighted by Gasteiger charge is 2.26. The highest BCUT2D eigenvalue weighted by Crippen LogP contribution is 2.41. The molecule has 0 aromatic heterocycles. The number of carbonyl (C=O) groups is 1. The molecule has 0 atom stereocenters. The van der Waals surface area contributed by atoms with E-state index in [0.29, 0.717) is 6.61 Å². The van der Waals surface area contributed by atoms with Gasteiger partial charge in [-0.05, 0) is 41.2 Å². The van der Waals surface area contributed by atoms with E-state index in [4.69, 9.17) is 9.47 Å². The lowest BCUT2D eigenvalue weighted by Gasteiger charge is -2.08. The number of aryl methyl sites for hydroxylation is 1. The number of allylic oxidation sites excluding steroid dienone is 1. The Kier molecular flexibility index (Phi) is 3.62. The molecule has 116 valence electrons. The molecule has 0 N–H and O–H groups in total. The van der Waals surface area contributed by atoms with Gasteiger partial charge in [0.1, 0.15) is 12.4 Å². The predicted octanol–water partition coefficient (Wildman–Crippen LogP) is 3.69. The number of carbonyl (C=O) groups excluding carboxylic acids is 1. The standard InChI is InChI=1S/C20H18O3/c21-19(23-13-14-4-2-1-3-5-14)12-16-7-6-15-8-9-18-17(20(15)16)10-11-22-18/h1-5,8-9,12H,6-7,10-11,13H2. The van der Waals surface area contributed by atoms with E-state index >= 15 is 0 Å². The Hall–Kier alpha value is -2.55. The molecule has 1 aliphatic carbocycles. The number of benzene rings is 2. The molecule has 0 unspecified atom stereocenters. The van der Waals surface area contributed by atoms with Gasteiger partial charge < -0.3 is 9.47 Å². The molecule has 0 fully saturated rings. The zero-order valence-corrected chi connectivity index (χ0v) is 12.9. The summed E-state index contributed by atoms with van der Waals surface area (Å²) in [5.74, 6) is 0.697. The fraction of sp³-hybridized carbons (Fsp3) is 0.250. The van der Waals surface area contributed by atoms with E-state index in [1.54, 1.807) is 6.08 Å². The fourth-order valence-corrected chi connectivity index (χ4v) is 3.38. The summed E-state index contributed by atoms with van der Waals surface area (Å²) in [6, 6.07) is 13.9. The van der Waals surface area contributed by atoms with E-state index in [0.717, 1.165) is 42.8 Å². The van der Waals surface area contributed by atoms with Gasteiger partial charge >= 0.3 is 5.97 Å². The van der Waals surface area contributed by atoms with Gasteiger partial charge in [0.05, 0.1) is 6.61 Å². The molecule has 1 aliphatic heterocycles. The van der Waals surface area contributed by atoms with Crippen LogP contribution in [0, 0.1) is 0 Å². The molecule has 2 aromatic rings. The van der Waals surface area contributed by atoms with Crippen molar-refractivity contribution in [3.05, 3.63) is 70.8 Å². The molecule has 23 heavy (non-hydrogen) atoms. The van der Waals surface area contributed by atoms with Gasteiger partial charge in [-0.25, -0.2) is 4.79 Å². The highest BCUT2D eigenvalue weighted by molar-refractivity contribution is 5.94. The third kappa shape index (κ3) is 2.74. The Morgan fingerprint density at radius 3 is 2.83 bits per heavy atom. The molecule has 3 heteroatoms. The van der Waals surface area contributed by atoms with Crippen LogP contribution in [0.4, 0.5) is 0 Å². The number of ether oxygens (including phenoxy) is 2. The van der Waals surface area contributed by atoms with Gasteiger partial charge in [-0.1, -0.05) is 36.4 Å². The molecule has 4 rings (SSSR count). The first-order chi connectivity index (χ1) is 11.3. The molecule has 3 nitrogen and oxygen atoms in total. The molecule has 0 saturated heterocycles. The van der Waals surface area contributed by atoms with Gasteiger partial charge in [0.15, 0.2) is 0 Å². The number of hydrogen-bond acceptors (Lipinski definition) is 3. The lowest BCUT2D eigenvalue weighted by Crippen LogP contribution is -2.02. The smallest absolute Gasteiger partial charge is 0.331 e. The van der Waals surface area contributed by atoms with Crippen LogP contribution in [0.1, 0.15) is 28.7 Å². The summed E-state index contributed by atoms with van der Waals surface area (Å²) < 4.78 is 11.0. The first kappa shape index (κ1) is 14.1. The Labute approximate surface area is 135 Å². The number of rotatable bonds is 3. The highest BCUT2D eigenvalue weighted by atomic mass is 16.5. The minimum Gasteiger partial charge on any atom is -0.493 e. The minimum atomic E-state index is -0.270. The second-order valence-corrected chi connectivity index (χ2v) is 5.94. The summed E-state index contributed by atoms with van der Waals surface area (Å²) in [7, 11) is 0. The Bertz CT molecular complexity index is 775. The van der Waals surface area contributed by atoms with Crippen molar-refractivity contribution in [3.8, 4) is 5.75 Å². The van der Waals surface area contributed by atoms with Crippen LogP contribution in [0.15, 0.2) is 48.5 Å². The van der Waals surface area contributed by atoms with Crippen molar-refractivity contribution >= 4 is 11.5 Å². The van der Waals surface area contributed by atoms with Crippen LogP contribution < -0.4 is 4.74 Å². The molecule has 1 heterocycles. The number of hydrogen-bond donors (Lipinski definition) is 0. The summed E-state index contributed by atoms with van der Waals surface area (Å²) in [4.78, 5) is 12.2. The normalized spacial score (nSPS) is 16.8. The van der Waals surface area contributed by atoms with Crippen molar-refractivity contribution in [2.45, 2.75) is 25.9 Å². The van der Waals surface area contributed by atoms with E-state index in [1.807, 2.05) is 30.3 Å². The molecule has 0 saturated carbocycles. The van der Waals surface area contributed by atoms with Gasteiger partial charge in [-0.2, -0.15) is 0 Å². The van der Waals surface area contributed by atoms with E-state index in [2.05, 4.69) is 12.1 Å². The molecule has 0 amide bonds. The summed E-state index contributed by atoms with van der Waals surface area (Å²) in [6.07, 6.45) is 4.47. The Morgan fingerprint density at radius 1 is 1.09 bits per heavy atom. The second-order valence-electron chi connectivity index (χ2n) is 5.94. The van der Waals surface area contributed by atoms with Gasteiger partial charge in [0, 0.05) is 18.1 Å². The average Bonchev–Trinajstić information content (AvgIpc) is 3.20. The van der Waals surface area contributed by atoms with Crippen molar-refractivity contribution in [2.75, 3.05) is 6.61 Å². The van der Waals surface area contributed by atoms with Crippen LogP contribution in [0.5, 0.6) is 5.75 Å². The lowest BCUT2D eigenvalue weighted by atomic mass is 9.98. The topological polar surface area (TPSA) is 35.5 Å². The van der Waals surface area contributed by atoms with Crippen LogP contribution in [0.25, 0.3) is 5.57 Å². The molecule has 0 spiro atoms. The van der Waals surface area contributed by atoms with Crippen molar-refractivity contribution < 1.29 is 14.3 Å². The molecule has 2 aliphatic rings. The molecule has 0 bridgehead atoms. The number of esters is 1. The van der Waals surface area contributed by atoms with Crippen LogP contribution in [0.2, 0.25) is 0 Å². The third-order valence-corrected chi connectivity index (χ3v) is 4.47. The van der Waals surface area contributed by atoms with Gasteiger partial charge in [-0.3, -0.25) is 0 Å². The van der Waals surface area contributed by atoms with Crippen LogP contribution in [-0.4, -0.2) is 12.6 Å². The van der Waals surface area contributed by atoms with Crippen LogP contribution in [0.3, 0.4) is 0 Å².